The number of carbonyl (C=O) groups is 1. The zero-order chi connectivity index (χ0) is 14.7. The van der Waals surface area contributed by atoms with Gasteiger partial charge in [-0.15, -0.1) is 0 Å². The molecule has 0 fully saturated rings. The lowest BCUT2D eigenvalue weighted by atomic mass is 10.1. The number of carbonyl (C=O) groups excluding carboxylic acids is 1. The van der Waals surface area contributed by atoms with Crippen LogP contribution in [0.4, 0.5) is 0 Å². The molecule has 1 unspecified atom stereocenters. The molecule has 0 rings (SSSR count). The average molecular weight is 272 g/mol. The van der Waals surface area contributed by atoms with Crippen molar-refractivity contribution in [2.45, 2.75) is 33.7 Å². The molecule has 6 heteroatoms. The van der Waals surface area contributed by atoms with Gasteiger partial charge in [-0.2, -0.15) is 0 Å². The summed E-state index contributed by atoms with van der Waals surface area (Å²) in [5, 5.41) is 9.13. The van der Waals surface area contributed by atoms with Gasteiger partial charge >= 0.3 is 0 Å². The van der Waals surface area contributed by atoms with E-state index in [2.05, 4.69) is 41.7 Å². The summed E-state index contributed by atoms with van der Waals surface area (Å²) in [5.41, 5.74) is 0. The summed E-state index contributed by atoms with van der Waals surface area (Å²) >= 11 is 0. The Morgan fingerprint density at radius 2 is 1.95 bits per heavy atom. The van der Waals surface area contributed by atoms with Gasteiger partial charge in [-0.1, -0.05) is 13.8 Å². The highest BCUT2D eigenvalue weighted by Crippen LogP contribution is 1.99. The van der Waals surface area contributed by atoms with E-state index < -0.39 is 0 Å². The van der Waals surface area contributed by atoms with Crippen LogP contribution in [0, 0.1) is 5.92 Å². The lowest BCUT2D eigenvalue weighted by molar-refractivity contribution is -0.119. The highest BCUT2D eigenvalue weighted by atomic mass is 16.5. The van der Waals surface area contributed by atoms with Crippen molar-refractivity contribution in [1.82, 2.24) is 16.0 Å². The molecular weight excluding hydrogens is 244 g/mol. The number of amides is 1. The molecule has 112 valence electrons. The Balaban J connectivity index is 4.21. The Morgan fingerprint density at radius 1 is 1.26 bits per heavy atom. The third kappa shape index (κ3) is 9.30. The number of aliphatic imine (C=N–C) groups is 1. The van der Waals surface area contributed by atoms with E-state index in [1.807, 2.05) is 6.92 Å². The van der Waals surface area contributed by atoms with E-state index in [9.17, 15) is 4.79 Å². The van der Waals surface area contributed by atoms with E-state index in [4.69, 9.17) is 4.74 Å². The summed E-state index contributed by atoms with van der Waals surface area (Å²) < 4.78 is 4.86. The predicted octanol–water partition coefficient (Wildman–Crippen LogP) is 0.349. The maximum atomic E-state index is 11.5. The highest BCUT2D eigenvalue weighted by Gasteiger charge is 2.09. The Morgan fingerprint density at radius 3 is 2.47 bits per heavy atom. The molecule has 19 heavy (non-hydrogen) atoms. The number of nitrogens with one attached hydrogen (secondary N) is 3. The van der Waals surface area contributed by atoms with Crippen molar-refractivity contribution in [2.24, 2.45) is 10.9 Å². The van der Waals surface area contributed by atoms with Gasteiger partial charge in [0.15, 0.2) is 5.96 Å². The minimum absolute atomic E-state index is 0.105. The maximum absolute atomic E-state index is 11.5. The van der Waals surface area contributed by atoms with Crippen molar-refractivity contribution in [1.29, 1.82) is 0 Å². The molecule has 0 aromatic carbocycles. The molecule has 0 saturated heterocycles. The molecule has 1 atom stereocenters. The van der Waals surface area contributed by atoms with Crippen molar-refractivity contribution >= 4 is 11.9 Å². The summed E-state index contributed by atoms with van der Waals surface area (Å²) in [4.78, 5) is 15.8. The number of guanidine groups is 1. The number of hydrogen-bond donors (Lipinski definition) is 3. The lowest BCUT2D eigenvalue weighted by Gasteiger charge is -2.20. The first kappa shape index (κ1) is 17.7. The van der Waals surface area contributed by atoms with Crippen LogP contribution in [-0.2, 0) is 9.53 Å². The summed E-state index contributed by atoms with van der Waals surface area (Å²) in [7, 11) is 1.60. The number of ether oxygens (including phenoxy) is 1. The van der Waals surface area contributed by atoms with E-state index in [1.165, 1.54) is 0 Å². The van der Waals surface area contributed by atoms with Gasteiger partial charge < -0.3 is 20.7 Å². The van der Waals surface area contributed by atoms with Gasteiger partial charge in [-0.25, -0.2) is 4.99 Å². The number of nitrogens with zero attached hydrogens (tertiary/aromatic N) is 1. The fourth-order valence-electron chi connectivity index (χ4n) is 1.20. The standard InChI is InChI=1S/C13H28N4O2/c1-6-14-13(17-11(4)10(2)3)16-9-12(18)15-7-8-19-5/h10-11H,6-9H2,1-5H3,(H,15,18)(H2,14,16,17). The third-order valence-electron chi connectivity index (χ3n) is 2.72. The topological polar surface area (TPSA) is 74.8 Å². The average Bonchev–Trinajstić information content (AvgIpc) is 2.36. The monoisotopic (exact) mass is 272 g/mol. The first-order valence-corrected chi connectivity index (χ1v) is 6.81. The second-order valence-corrected chi connectivity index (χ2v) is 4.71. The summed E-state index contributed by atoms with van der Waals surface area (Å²) in [6.45, 7) is 10.3. The number of rotatable bonds is 8. The van der Waals surface area contributed by atoms with Crippen molar-refractivity contribution in [3.63, 3.8) is 0 Å². The number of methoxy groups -OCH3 is 1. The van der Waals surface area contributed by atoms with Crippen molar-refractivity contribution in [3.05, 3.63) is 0 Å². The zero-order valence-corrected chi connectivity index (χ0v) is 12.7. The molecule has 0 aliphatic carbocycles. The Kier molecular flexibility index (Phi) is 9.88. The first-order valence-electron chi connectivity index (χ1n) is 6.81. The quantitative estimate of drug-likeness (QED) is 0.338. The van der Waals surface area contributed by atoms with Gasteiger partial charge in [0.1, 0.15) is 6.54 Å². The van der Waals surface area contributed by atoms with Crippen LogP contribution in [-0.4, -0.2) is 51.3 Å². The summed E-state index contributed by atoms with van der Waals surface area (Å²) in [6.07, 6.45) is 0. The Hall–Kier alpha value is -1.30. The SMILES string of the molecule is CCNC(=NCC(=O)NCCOC)NC(C)C(C)C. The van der Waals surface area contributed by atoms with Crippen LogP contribution in [0.2, 0.25) is 0 Å². The van der Waals surface area contributed by atoms with Crippen LogP contribution in [0.3, 0.4) is 0 Å². The number of hydrogen-bond acceptors (Lipinski definition) is 3. The fraction of sp³-hybridized carbons (Fsp3) is 0.846. The van der Waals surface area contributed by atoms with Gasteiger partial charge in [0.2, 0.25) is 5.91 Å². The Bertz CT molecular complexity index is 280. The third-order valence-corrected chi connectivity index (χ3v) is 2.72. The van der Waals surface area contributed by atoms with Crippen LogP contribution in [0.25, 0.3) is 0 Å². The molecule has 6 nitrogen and oxygen atoms in total. The molecule has 0 aliphatic rings. The van der Waals surface area contributed by atoms with Gasteiger partial charge in [0.25, 0.3) is 0 Å². The van der Waals surface area contributed by atoms with Crippen LogP contribution in [0.5, 0.6) is 0 Å². The van der Waals surface area contributed by atoms with E-state index >= 15 is 0 Å². The van der Waals surface area contributed by atoms with Crippen molar-refractivity contribution in [2.75, 3.05) is 33.4 Å². The van der Waals surface area contributed by atoms with Crippen LogP contribution in [0.1, 0.15) is 27.7 Å². The largest absolute Gasteiger partial charge is 0.383 e. The van der Waals surface area contributed by atoms with Crippen LogP contribution < -0.4 is 16.0 Å². The molecule has 1 amide bonds. The van der Waals surface area contributed by atoms with Crippen molar-refractivity contribution in [3.8, 4) is 0 Å². The van der Waals surface area contributed by atoms with E-state index in [0.29, 0.717) is 31.1 Å². The lowest BCUT2D eigenvalue weighted by Crippen LogP contribution is -2.44. The van der Waals surface area contributed by atoms with Gasteiger partial charge in [0.05, 0.1) is 6.61 Å². The van der Waals surface area contributed by atoms with Crippen molar-refractivity contribution < 1.29 is 9.53 Å². The molecule has 3 N–H and O–H groups in total. The highest BCUT2D eigenvalue weighted by molar-refractivity contribution is 5.85. The molecule has 0 aliphatic heterocycles. The van der Waals surface area contributed by atoms with Crippen LogP contribution >= 0.6 is 0 Å². The molecule has 0 spiro atoms. The van der Waals surface area contributed by atoms with E-state index in [0.717, 1.165) is 6.54 Å². The second kappa shape index (κ2) is 10.6. The molecule has 0 aromatic rings. The van der Waals surface area contributed by atoms with Gasteiger partial charge in [-0.05, 0) is 19.8 Å². The maximum Gasteiger partial charge on any atom is 0.241 e. The molecule has 0 bridgehead atoms. The normalized spacial score (nSPS) is 13.3. The molecule has 0 radical (unpaired) electrons. The molecular formula is C13H28N4O2. The Labute approximate surface area is 116 Å². The van der Waals surface area contributed by atoms with E-state index in [-0.39, 0.29) is 12.5 Å². The molecule has 0 saturated carbocycles. The minimum atomic E-state index is -0.105. The van der Waals surface area contributed by atoms with Gasteiger partial charge in [-0.3, -0.25) is 4.79 Å². The summed E-state index contributed by atoms with van der Waals surface area (Å²) in [6, 6.07) is 0.300. The molecule has 0 heterocycles. The first-order chi connectivity index (χ1) is 9.01. The summed E-state index contributed by atoms with van der Waals surface area (Å²) in [5.74, 6) is 1.07. The fourth-order valence-corrected chi connectivity index (χ4v) is 1.20. The smallest absolute Gasteiger partial charge is 0.241 e. The second-order valence-electron chi connectivity index (χ2n) is 4.71. The molecule has 0 aromatic heterocycles. The van der Waals surface area contributed by atoms with Gasteiger partial charge in [0, 0.05) is 26.2 Å². The van der Waals surface area contributed by atoms with E-state index in [1.54, 1.807) is 7.11 Å². The zero-order valence-electron chi connectivity index (χ0n) is 12.7. The minimum Gasteiger partial charge on any atom is -0.383 e. The van der Waals surface area contributed by atoms with Crippen LogP contribution in [0.15, 0.2) is 4.99 Å². The predicted molar refractivity (Wildman–Crippen MR) is 78.3 cm³/mol.